The molecule has 0 radical (unpaired) electrons. The van der Waals surface area contributed by atoms with Crippen molar-refractivity contribution in [3.63, 3.8) is 0 Å². The molecule has 1 aromatic carbocycles. The van der Waals surface area contributed by atoms with Gasteiger partial charge in [-0.15, -0.1) is 0 Å². The van der Waals surface area contributed by atoms with Crippen molar-refractivity contribution in [1.29, 1.82) is 0 Å². The summed E-state index contributed by atoms with van der Waals surface area (Å²) < 4.78 is 0. The fourth-order valence-corrected chi connectivity index (χ4v) is 4.21. The Hall–Kier alpha value is -1.32. The van der Waals surface area contributed by atoms with Crippen molar-refractivity contribution in [3.05, 3.63) is 51.7 Å². The van der Waals surface area contributed by atoms with Gasteiger partial charge in [0.1, 0.15) is 5.75 Å². The van der Waals surface area contributed by atoms with E-state index >= 15 is 0 Å². The minimum absolute atomic E-state index is 0.403. The van der Waals surface area contributed by atoms with Crippen LogP contribution in [0.1, 0.15) is 36.5 Å². The number of hydrogen-bond donors (Lipinski definition) is 1. The quantitative estimate of drug-likeness (QED) is 0.860. The third-order valence-electron chi connectivity index (χ3n) is 4.69. The minimum Gasteiger partial charge on any atom is -0.508 e. The zero-order chi connectivity index (χ0) is 15.4. The summed E-state index contributed by atoms with van der Waals surface area (Å²) in [4.78, 5) is 2.66. The van der Waals surface area contributed by atoms with Gasteiger partial charge < -0.3 is 5.11 Å². The number of fused-ring (bicyclic) bond motifs is 1. The van der Waals surface area contributed by atoms with E-state index in [1.807, 2.05) is 12.1 Å². The smallest absolute Gasteiger partial charge is 0.115 e. The summed E-state index contributed by atoms with van der Waals surface area (Å²) in [5.41, 5.74) is 4.22. The molecule has 1 aliphatic carbocycles. The number of benzene rings is 1. The van der Waals surface area contributed by atoms with Crippen molar-refractivity contribution in [1.82, 2.24) is 4.90 Å². The number of aromatic hydroxyl groups is 1. The van der Waals surface area contributed by atoms with Gasteiger partial charge >= 0.3 is 0 Å². The molecule has 0 bridgehead atoms. The summed E-state index contributed by atoms with van der Waals surface area (Å²) in [5.74, 6) is 0.403. The van der Waals surface area contributed by atoms with E-state index in [1.165, 1.54) is 36.1 Å². The van der Waals surface area contributed by atoms with Gasteiger partial charge in [0.2, 0.25) is 0 Å². The number of hydrogen-bond acceptors (Lipinski definition) is 3. The van der Waals surface area contributed by atoms with Crippen molar-refractivity contribution < 1.29 is 5.11 Å². The zero-order valence-electron chi connectivity index (χ0n) is 13.3. The Balaban J connectivity index is 1.66. The molecule has 0 spiro atoms. The monoisotopic (exact) mass is 315 g/mol. The van der Waals surface area contributed by atoms with Gasteiger partial charge in [0.15, 0.2) is 0 Å². The summed E-state index contributed by atoms with van der Waals surface area (Å²) >= 11 is 1.79. The highest BCUT2D eigenvalue weighted by Crippen LogP contribution is 2.27. The fraction of sp³-hybridized carbons (Fsp3) is 0.474. The van der Waals surface area contributed by atoms with Crippen LogP contribution in [0.5, 0.6) is 5.75 Å². The van der Waals surface area contributed by atoms with E-state index in [0.29, 0.717) is 11.8 Å². The lowest BCUT2D eigenvalue weighted by atomic mass is 9.87. The molecule has 3 heteroatoms. The number of nitrogens with zero attached hydrogens (tertiary/aromatic N) is 1. The molecule has 1 heterocycles. The van der Waals surface area contributed by atoms with Crippen molar-refractivity contribution in [3.8, 4) is 5.75 Å². The van der Waals surface area contributed by atoms with E-state index < -0.39 is 0 Å². The number of phenolic OH excluding ortho intramolecular Hbond substituents is 1. The maximum atomic E-state index is 9.73. The first-order chi connectivity index (χ1) is 10.8. The topological polar surface area (TPSA) is 23.5 Å². The third-order valence-corrected chi connectivity index (χ3v) is 5.42. The van der Waals surface area contributed by atoms with E-state index in [-0.39, 0.29) is 0 Å². The number of aryl methyl sites for hydroxylation is 1. The van der Waals surface area contributed by atoms with E-state index in [9.17, 15) is 5.11 Å². The van der Waals surface area contributed by atoms with Crippen molar-refractivity contribution in [2.45, 2.75) is 45.1 Å². The molecule has 1 atom stereocenters. The average Bonchev–Trinajstić information content (AvgIpc) is 3.04. The summed E-state index contributed by atoms with van der Waals surface area (Å²) in [7, 11) is 0. The molecular formula is C19H25NOS. The molecule has 3 rings (SSSR count). The van der Waals surface area contributed by atoms with Crippen LogP contribution in [0.2, 0.25) is 0 Å². The first-order valence-electron chi connectivity index (χ1n) is 8.32. The van der Waals surface area contributed by atoms with Crippen LogP contribution in [0.15, 0.2) is 35.0 Å². The Morgan fingerprint density at radius 3 is 2.91 bits per heavy atom. The Morgan fingerprint density at radius 2 is 2.14 bits per heavy atom. The maximum absolute atomic E-state index is 9.73. The summed E-state index contributed by atoms with van der Waals surface area (Å²) in [6, 6.07) is 8.73. The first-order valence-corrected chi connectivity index (χ1v) is 9.26. The van der Waals surface area contributed by atoms with E-state index in [2.05, 4.69) is 34.7 Å². The highest BCUT2D eigenvalue weighted by atomic mass is 32.1. The molecule has 0 saturated carbocycles. The van der Waals surface area contributed by atoms with E-state index in [0.717, 1.165) is 25.8 Å². The van der Waals surface area contributed by atoms with Gasteiger partial charge in [-0.05, 0) is 84.3 Å². The average molecular weight is 315 g/mol. The number of rotatable bonds is 6. The van der Waals surface area contributed by atoms with Crippen LogP contribution in [-0.2, 0) is 19.3 Å². The first kappa shape index (κ1) is 15.6. The fourth-order valence-electron chi connectivity index (χ4n) is 3.51. The number of thiophene rings is 1. The molecule has 0 amide bonds. The molecule has 0 saturated heterocycles. The molecule has 2 aromatic rings. The van der Waals surface area contributed by atoms with Crippen LogP contribution in [0.3, 0.4) is 0 Å². The molecule has 1 aromatic heterocycles. The Kier molecular flexibility index (Phi) is 5.16. The third kappa shape index (κ3) is 3.71. The van der Waals surface area contributed by atoms with Gasteiger partial charge in [0.25, 0.3) is 0 Å². The molecule has 118 valence electrons. The largest absolute Gasteiger partial charge is 0.508 e. The summed E-state index contributed by atoms with van der Waals surface area (Å²) in [6.07, 6.45) is 5.80. The maximum Gasteiger partial charge on any atom is 0.115 e. The molecule has 0 fully saturated rings. The van der Waals surface area contributed by atoms with Crippen LogP contribution in [0.25, 0.3) is 0 Å². The summed E-state index contributed by atoms with van der Waals surface area (Å²) in [5, 5.41) is 14.2. The van der Waals surface area contributed by atoms with Gasteiger partial charge in [-0.1, -0.05) is 13.0 Å². The second-order valence-electron chi connectivity index (χ2n) is 6.27. The van der Waals surface area contributed by atoms with Crippen LogP contribution >= 0.6 is 11.3 Å². The normalized spacial score (nSPS) is 17.6. The van der Waals surface area contributed by atoms with E-state index in [4.69, 9.17) is 0 Å². The second-order valence-corrected chi connectivity index (χ2v) is 7.05. The van der Waals surface area contributed by atoms with Gasteiger partial charge in [-0.3, -0.25) is 4.90 Å². The van der Waals surface area contributed by atoms with Crippen LogP contribution in [0, 0.1) is 0 Å². The predicted octanol–water partition coefficient (Wildman–Crippen LogP) is 4.27. The van der Waals surface area contributed by atoms with Crippen molar-refractivity contribution >= 4 is 11.3 Å². The van der Waals surface area contributed by atoms with Gasteiger partial charge in [0.05, 0.1) is 0 Å². The van der Waals surface area contributed by atoms with E-state index in [1.54, 1.807) is 11.3 Å². The molecule has 2 nitrogen and oxygen atoms in total. The SMILES string of the molecule is CCCN(CCc1ccsc1)C1CCc2ccc(O)cc2C1. The van der Waals surface area contributed by atoms with Crippen LogP contribution < -0.4 is 0 Å². The molecule has 1 N–H and O–H groups in total. The second kappa shape index (κ2) is 7.30. The zero-order valence-corrected chi connectivity index (χ0v) is 14.1. The van der Waals surface area contributed by atoms with Crippen molar-refractivity contribution in [2.75, 3.05) is 13.1 Å². The number of phenols is 1. The Labute approximate surface area is 137 Å². The van der Waals surface area contributed by atoms with Gasteiger partial charge in [-0.2, -0.15) is 11.3 Å². The highest BCUT2D eigenvalue weighted by molar-refractivity contribution is 7.07. The predicted molar refractivity (Wildman–Crippen MR) is 93.8 cm³/mol. The highest BCUT2D eigenvalue weighted by Gasteiger charge is 2.23. The Morgan fingerprint density at radius 1 is 1.23 bits per heavy atom. The lowest BCUT2D eigenvalue weighted by molar-refractivity contribution is 0.181. The lowest BCUT2D eigenvalue weighted by Crippen LogP contribution is -2.41. The van der Waals surface area contributed by atoms with Crippen molar-refractivity contribution in [2.24, 2.45) is 0 Å². The van der Waals surface area contributed by atoms with Crippen LogP contribution in [-0.4, -0.2) is 29.1 Å². The molecule has 0 aliphatic heterocycles. The minimum atomic E-state index is 0.403. The molecular weight excluding hydrogens is 290 g/mol. The Bertz CT molecular complexity index is 593. The molecule has 1 aliphatic rings. The lowest BCUT2D eigenvalue weighted by Gasteiger charge is -2.35. The molecule has 22 heavy (non-hydrogen) atoms. The standard InChI is InChI=1S/C19H25NOS/c1-2-9-20(10-7-15-8-11-22-14-15)18-5-3-16-4-6-19(21)13-17(16)12-18/h4,6,8,11,13-14,18,21H,2-3,5,7,9-10,12H2,1H3. The summed E-state index contributed by atoms with van der Waals surface area (Å²) in [6.45, 7) is 4.58. The van der Waals surface area contributed by atoms with Gasteiger partial charge in [0, 0.05) is 12.6 Å². The molecule has 1 unspecified atom stereocenters. The van der Waals surface area contributed by atoms with Crippen LogP contribution in [0.4, 0.5) is 0 Å². The van der Waals surface area contributed by atoms with Gasteiger partial charge in [-0.25, -0.2) is 0 Å².